The molecule has 5 nitrogen and oxygen atoms in total. The van der Waals surface area contributed by atoms with Crippen LogP contribution in [-0.2, 0) is 6.54 Å². The molecule has 1 amide bonds. The normalized spacial score (nSPS) is 12.5. The first-order valence-electron chi connectivity index (χ1n) is 7.51. The number of rotatable bonds is 5. The zero-order valence-corrected chi connectivity index (χ0v) is 13.4. The van der Waals surface area contributed by atoms with E-state index in [0.29, 0.717) is 12.1 Å². The Labute approximate surface area is 136 Å². The maximum Gasteiger partial charge on any atom is 0.248 e. The van der Waals surface area contributed by atoms with Gasteiger partial charge in [-0.3, -0.25) is 9.79 Å². The van der Waals surface area contributed by atoms with Crippen molar-refractivity contribution in [2.75, 3.05) is 7.05 Å². The molecule has 5 heteroatoms. The quantitative estimate of drug-likeness (QED) is 0.585. The molecule has 23 heavy (non-hydrogen) atoms. The van der Waals surface area contributed by atoms with E-state index in [2.05, 4.69) is 34.7 Å². The summed E-state index contributed by atoms with van der Waals surface area (Å²) in [4.78, 5) is 15.3. The number of nitrogens with two attached hydrogens (primary N) is 1. The van der Waals surface area contributed by atoms with E-state index in [1.165, 1.54) is 5.56 Å². The number of carbonyl (C=O) groups excluding carboxylic acids is 1. The summed E-state index contributed by atoms with van der Waals surface area (Å²) in [6.45, 7) is 2.70. The highest BCUT2D eigenvalue weighted by molar-refractivity contribution is 5.92. The van der Waals surface area contributed by atoms with Crippen molar-refractivity contribution >= 4 is 11.9 Å². The van der Waals surface area contributed by atoms with Gasteiger partial charge in [-0.25, -0.2) is 0 Å². The summed E-state index contributed by atoms with van der Waals surface area (Å²) in [6, 6.07) is 17.5. The number of benzene rings is 2. The summed E-state index contributed by atoms with van der Waals surface area (Å²) in [6.07, 6.45) is 0. The van der Waals surface area contributed by atoms with E-state index in [4.69, 9.17) is 5.73 Å². The predicted octanol–water partition coefficient (Wildman–Crippen LogP) is 2.21. The Kier molecular flexibility index (Phi) is 5.74. The highest BCUT2D eigenvalue weighted by Gasteiger charge is 2.07. The molecule has 1 unspecified atom stereocenters. The third-order valence-corrected chi connectivity index (χ3v) is 3.57. The average Bonchev–Trinajstić information content (AvgIpc) is 2.59. The molecule has 1 atom stereocenters. The van der Waals surface area contributed by atoms with E-state index >= 15 is 0 Å². The predicted molar refractivity (Wildman–Crippen MR) is 93.2 cm³/mol. The van der Waals surface area contributed by atoms with Crippen LogP contribution in [0.1, 0.15) is 34.5 Å². The van der Waals surface area contributed by atoms with Crippen molar-refractivity contribution in [1.82, 2.24) is 10.6 Å². The number of nitrogens with zero attached hydrogens (tertiary/aromatic N) is 1. The minimum absolute atomic E-state index is 0.152. The van der Waals surface area contributed by atoms with E-state index in [1.807, 2.05) is 30.3 Å². The van der Waals surface area contributed by atoms with E-state index in [-0.39, 0.29) is 6.04 Å². The first-order valence-corrected chi connectivity index (χ1v) is 7.51. The van der Waals surface area contributed by atoms with Crippen LogP contribution in [0.25, 0.3) is 0 Å². The van der Waals surface area contributed by atoms with Crippen LogP contribution in [0, 0.1) is 0 Å². The fraction of sp³-hybridized carbons (Fsp3) is 0.222. The van der Waals surface area contributed by atoms with Crippen LogP contribution in [0.5, 0.6) is 0 Å². The lowest BCUT2D eigenvalue weighted by Gasteiger charge is -2.18. The van der Waals surface area contributed by atoms with Crippen molar-refractivity contribution in [1.29, 1.82) is 0 Å². The standard InChI is InChI=1S/C18H22N4O/c1-13(15-6-4-3-5-7-15)22-18(20-2)21-12-14-8-10-16(11-9-14)17(19)23/h3-11,13H,12H2,1-2H3,(H2,19,23)(H2,20,21,22). The van der Waals surface area contributed by atoms with Crippen LogP contribution in [0.15, 0.2) is 59.6 Å². The Hall–Kier alpha value is -2.82. The van der Waals surface area contributed by atoms with Crippen molar-refractivity contribution in [2.45, 2.75) is 19.5 Å². The van der Waals surface area contributed by atoms with Crippen LogP contribution < -0.4 is 16.4 Å². The molecule has 0 spiro atoms. The molecule has 0 heterocycles. The molecule has 0 aromatic heterocycles. The lowest BCUT2D eigenvalue weighted by Crippen LogP contribution is -2.38. The van der Waals surface area contributed by atoms with Crippen LogP contribution in [0.4, 0.5) is 0 Å². The van der Waals surface area contributed by atoms with Crippen LogP contribution in [0.2, 0.25) is 0 Å². The summed E-state index contributed by atoms with van der Waals surface area (Å²) >= 11 is 0. The minimum Gasteiger partial charge on any atom is -0.366 e. The largest absolute Gasteiger partial charge is 0.366 e. The van der Waals surface area contributed by atoms with Gasteiger partial charge in [0.15, 0.2) is 5.96 Å². The number of nitrogens with one attached hydrogen (secondary N) is 2. The topological polar surface area (TPSA) is 79.5 Å². The lowest BCUT2D eigenvalue weighted by atomic mass is 10.1. The van der Waals surface area contributed by atoms with Crippen molar-refractivity contribution in [2.24, 2.45) is 10.7 Å². The Balaban J connectivity index is 1.91. The summed E-state index contributed by atoms with van der Waals surface area (Å²) in [5.41, 5.74) is 7.98. The second-order valence-electron chi connectivity index (χ2n) is 5.26. The monoisotopic (exact) mass is 310 g/mol. The number of primary amides is 1. The van der Waals surface area contributed by atoms with Gasteiger partial charge >= 0.3 is 0 Å². The van der Waals surface area contributed by atoms with Gasteiger partial charge in [-0.05, 0) is 30.2 Å². The van der Waals surface area contributed by atoms with Gasteiger partial charge in [0.05, 0.1) is 6.04 Å². The molecule has 0 aliphatic rings. The van der Waals surface area contributed by atoms with E-state index < -0.39 is 5.91 Å². The summed E-state index contributed by atoms with van der Waals surface area (Å²) < 4.78 is 0. The second-order valence-corrected chi connectivity index (χ2v) is 5.26. The maximum absolute atomic E-state index is 11.1. The highest BCUT2D eigenvalue weighted by atomic mass is 16.1. The molecule has 0 saturated heterocycles. The third-order valence-electron chi connectivity index (χ3n) is 3.57. The molecule has 120 valence electrons. The molecule has 0 saturated carbocycles. The van der Waals surface area contributed by atoms with E-state index in [0.717, 1.165) is 11.5 Å². The van der Waals surface area contributed by atoms with Gasteiger partial charge < -0.3 is 16.4 Å². The van der Waals surface area contributed by atoms with Crippen molar-refractivity contribution < 1.29 is 4.79 Å². The molecular weight excluding hydrogens is 288 g/mol. The van der Waals surface area contributed by atoms with Gasteiger partial charge in [0.1, 0.15) is 0 Å². The molecule has 0 radical (unpaired) electrons. The number of aliphatic imine (C=N–C) groups is 1. The van der Waals surface area contributed by atoms with Gasteiger partial charge in [0, 0.05) is 19.2 Å². The van der Waals surface area contributed by atoms with Gasteiger partial charge in [-0.2, -0.15) is 0 Å². The number of hydrogen-bond donors (Lipinski definition) is 3. The fourth-order valence-corrected chi connectivity index (χ4v) is 2.20. The third kappa shape index (κ3) is 4.85. The van der Waals surface area contributed by atoms with Crippen LogP contribution in [0.3, 0.4) is 0 Å². The average molecular weight is 310 g/mol. The lowest BCUT2D eigenvalue weighted by molar-refractivity contribution is 0.100. The first-order chi connectivity index (χ1) is 11.1. The molecule has 0 bridgehead atoms. The molecule has 0 aliphatic carbocycles. The molecule has 0 fully saturated rings. The SMILES string of the molecule is CN=C(NCc1ccc(C(N)=O)cc1)NC(C)c1ccccc1. The summed E-state index contributed by atoms with van der Waals surface area (Å²) in [5.74, 6) is 0.305. The number of hydrogen-bond acceptors (Lipinski definition) is 2. The molecule has 2 aromatic rings. The summed E-state index contributed by atoms with van der Waals surface area (Å²) in [7, 11) is 1.74. The highest BCUT2D eigenvalue weighted by Crippen LogP contribution is 2.10. The van der Waals surface area contributed by atoms with Gasteiger partial charge in [-0.1, -0.05) is 42.5 Å². The Morgan fingerprint density at radius 1 is 1.13 bits per heavy atom. The minimum atomic E-state index is -0.418. The molecule has 0 aliphatic heterocycles. The van der Waals surface area contributed by atoms with Crippen molar-refractivity contribution in [3.05, 3.63) is 71.3 Å². The first kappa shape index (κ1) is 16.5. The van der Waals surface area contributed by atoms with E-state index in [9.17, 15) is 4.79 Å². The number of amides is 1. The maximum atomic E-state index is 11.1. The van der Waals surface area contributed by atoms with Crippen molar-refractivity contribution in [3.8, 4) is 0 Å². The van der Waals surface area contributed by atoms with Gasteiger partial charge in [-0.15, -0.1) is 0 Å². The van der Waals surface area contributed by atoms with Crippen LogP contribution in [-0.4, -0.2) is 18.9 Å². The number of carbonyl (C=O) groups is 1. The van der Waals surface area contributed by atoms with Gasteiger partial charge in [0.2, 0.25) is 5.91 Å². The molecule has 2 aromatic carbocycles. The molecule has 4 N–H and O–H groups in total. The zero-order valence-electron chi connectivity index (χ0n) is 13.4. The zero-order chi connectivity index (χ0) is 16.7. The Morgan fingerprint density at radius 3 is 2.35 bits per heavy atom. The van der Waals surface area contributed by atoms with Gasteiger partial charge in [0.25, 0.3) is 0 Å². The van der Waals surface area contributed by atoms with Crippen LogP contribution >= 0.6 is 0 Å². The fourth-order valence-electron chi connectivity index (χ4n) is 2.20. The van der Waals surface area contributed by atoms with E-state index in [1.54, 1.807) is 19.2 Å². The number of guanidine groups is 1. The second kappa shape index (κ2) is 7.98. The van der Waals surface area contributed by atoms with Crippen molar-refractivity contribution in [3.63, 3.8) is 0 Å². The Bertz CT molecular complexity index is 665. The molecular formula is C18H22N4O. The Morgan fingerprint density at radius 2 is 1.78 bits per heavy atom. The molecule has 2 rings (SSSR count). The smallest absolute Gasteiger partial charge is 0.248 e. The summed E-state index contributed by atoms with van der Waals surface area (Å²) in [5, 5.41) is 6.61.